The van der Waals surface area contributed by atoms with Gasteiger partial charge < -0.3 is 5.11 Å². The van der Waals surface area contributed by atoms with Crippen molar-refractivity contribution in [3.8, 4) is 11.1 Å². The number of fused-ring (bicyclic) bond motifs is 3. The van der Waals surface area contributed by atoms with Crippen molar-refractivity contribution in [3.05, 3.63) is 59.7 Å². The van der Waals surface area contributed by atoms with E-state index in [0.29, 0.717) is 18.6 Å². The van der Waals surface area contributed by atoms with Crippen LogP contribution in [-0.4, -0.2) is 29.7 Å². The molecule has 0 aromatic heterocycles. The quantitative estimate of drug-likeness (QED) is 0.910. The zero-order valence-electron chi connectivity index (χ0n) is 12.2. The summed E-state index contributed by atoms with van der Waals surface area (Å²) in [6.07, 6.45) is 2.22. The van der Waals surface area contributed by atoms with Crippen molar-refractivity contribution in [1.29, 1.82) is 0 Å². The first kappa shape index (κ1) is 13.1. The van der Waals surface area contributed by atoms with Crippen LogP contribution in [0.25, 0.3) is 11.1 Å². The Bertz CT molecular complexity index is 598. The highest BCUT2D eigenvalue weighted by molar-refractivity contribution is 5.78. The fraction of sp³-hybridized carbons (Fsp3) is 0.368. The minimum atomic E-state index is 0.339. The SMILES string of the molecule is OCC1CCN(C2c3ccccc3-c3ccccc32)CC1. The van der Waals surface area contributed by atoms with Gasteiger partial charge in [0.15, 0.2) is 0 Å². The molecule has 0 radical (unpaired) electrons. The minimum absolute atomic E-state index is 0.339. The van der Waals surface area contributed by atoms with E-state index in [-0.39, 0.29) is 0 Å². The standard InChI is InChI=1S/C19H21NO/c21-13-14-9-11-20(12-10-14)19-17-7-3-1-5-15(17)16-6-2-4-8-18(16)19/h1-8,14,19,21H,9-13H2. The number of rotatable bonds is 2. The van der Waals surface area contributed by atoms with Crippen LogP contribution in [-0.2, 0) is 0 Å². The molecule has 1 heterocycles. The summed E-state index contributed by atoms with van der Waals surface area (Å²) in [5.41, 5.74) is 5.67. The van der Waals surface area contributed by atoms with E-state index in [1.807, 2.05) is 0 Å². The molecule has 2 nitrogen and oxygen atoms in total. The molecule has 2 aliphatic rings. The smallest absolute Gasteiger partial charge is 0.0614 e. The van der Waals surface area contributed by atoms with Gasteiger partial charge in [-0.3, -0.25) is 4.90 Å². The normalized spacial score (nSPS) is 19.5. The summed E-state index contributed by atoms with van der Waals surface area (Å²) in [6.45, 7) is 2.50. The maximum Gasteiger partial charge on any atom is 0.0614 e. The Kier molecular flexibility index (Phi) is 3.28. The molecule has 2 aromatic carbocycles. The Morgan fingerprint density at radius 2 is 1.38 bits per heavy atom. The molecule has 0 bridgehead atoms. The molecule has 1 aliphatic carbocycles. The van der Waals surface area contributed by atoms with E-state index in [9.17, 15) is 5.11 Å². The van der Waals surface area contributed by atoms with Crippen molar-refractivity contribution >= 4 is 0 Å². The van der Waals surface area contributed by atoms with Gasteiger partial charge in [-0.2, -0.15) is 0 Å². The van der Waals surface area contributed by atoms with Gasteiger partial charge in [-0.1, -0.05) is 48.5 Å². The number of aliphatic hydroxyl groups is 1. The molecule has 1 saturated heterocycles. The third-order valence-corrected chi connectivity index (χ3v) is 5.07. The van der Waals surface area contributed by atoms with Crippen LogP contribution in [0.1, 0.15) is 30.0 Å². The number of benzene rings is 2. The van der Waals surface area contributed by atoms with E-state index in [1.165, 1.54) is 22.3 Å². The van der Waals surface area contributed by atoms with E-state index in [2.05, 4.69) is 53.4 Å². The highest BCUT2D eigenvalue weighted by atomic mass is 16.3. The maximum absolute atomic E-state index is 9.34. The van der Waals surface area contributed by atoms with Gasteiger partial charge in [0.1, 0.15) is 0 Å². The average Bonchev–Trinajstić information content (AvgIpc) is 2.90. The van der Waals surface area contributed by atoms with Gasteiger partial charge in [0.05, 0.1) is 6.04 Å². The number of hydrogen-bond donors (Lipinski definition) is 1. The molecule has 0 saturated carbocycles. The molecule has 108 valence electrons. The Balaban J connectivity index is 1.72. The second-order valence-corrected chi connectivity index (χ2v) is 6.24. The number of hydrogen-bond acceptors (Lipinski definition) is 2. The first-order valence-corrected chi connectivity index (χ1v) is 7.91. The largest absolute Gasteiger partial charge is 0.396 e. The van der Waals surface area contributed by atoms with Crippen molar-refractivity contribution in [2.75, 3.05) is 19.7 Å². The lowest BCUT2D eigenvalue weighted by atomic mass is 9.94. The van der Waals surface area contributed by atoms with Gasteiger partial charge in [-0.15, -0.1) is 0 Å². The Morgan fingerprint density at radius 3 is 1.90 bits per heavy atom. The summed E-state index contributed by atoms with van der Waals surface area (Å²) in [6, 6.07) is 18.0. The fourth-order valence-electron chi connectivity index (χ4n) is 3.92. The van der Waals surface area contributed by atoms with Crippen LogP contribution >= 0.6 is 0 Å². The minimum Gasteiger partial charge on any atom is -0.396 e. The maximum atomic E-state index is 9.34. The molecule has 0 unspecified atom stereocenters. The number of aliphatic hydroxyl groups excluding tert-OH is 1. The number of nitrogens with zero attached hydrogens (tertiary/aromatic N) is 1. The van der Waals surface area contributed by atoms with Gasteiger partial charge in [0, 0.05) is 6.61 Å². The molecule has 2 aromatic rings. The van der Waals surface area contributed by atoms with Crippen LogP contribution in [0.2, 0.25) is 0 Å². The zero-order chi connectivity index (χ0) is 14.2. The molecule has 0 atom stereocenters. The third kappa shape index (κ3) is 2.10. The summed E-state index contributed by atoms with van der Waals surface area (Å²) in [7, 11) is 0. The molecule has 21 heavy (non-hydrogen) atoms. The second kappa shape index (κ2) is 5.28. The van der Waals surface area contributed by atoms with E-state index in [1.54, 1.807) is 0 Å². The molecule has 1 N–H and O–H groups in total. The van der Waals surface area contributed by atoms with Crippen molar-refractivity contribution in [2.24, 2.45) is 5.92 Å². The van der Waals surface area contributed by atoms with Crippen LogP contribution in [0.5, 0.6) is 0 Å². The van der Waals surface area contributed by atoms with Crippen molar-refractivity contribution in [1.82, 2.24) is 4.90 Å². The van der Waals surface area contributed by atoms with Gasteiger partial charge in [0.25, 0.3) is 0 Å². The number of likely N-dealkylation sites (tertiary alicyclic amines) is 1. The lowest BCUT2D eigenvalue weighted by molar-refractivity contribution is 0.113. The first-order valence-electron chi connectivity index (χ1n) is 7.91. The van der Waals surface area contributed by atoms with Crippen LogP contribution in [0.15, 0.2) is 48.5 Å². The highest BCUT2D eigenvalue weighted by Gasteiger charge is 2.34. The third-order valence-electron chi connectivity index (χ3n) is 5.07. The van der Waals surface area contributed by atoms with Crippen molar-refractivity contribution < 1.29 is 5.11 Å². The van der Waals surface area contributed by atoms with Gasteiger partial charge in [-0.05, 0) is 54.1 Å². The predicted octanol–water partition coefficient (Wildman–Crippen LogP) is 3.46. The highest BCUT2D eigenvalue weighted by Crippen LogP contribution is 2.46. The Hall–Kier alpha value is -1.64. The molecule has 2 heteroatoms. The molecule has 0 spiro atoms. The van der Waals surface area contributed by atoms with Crippen LogP contribution in [0.3, 0.4) is 0 Å². The molecular formula is C19H21NO. The number of piperidine rings is 1. The Labute approximate surface area is 126 Å². The topological polar surface area (TPSA) is 23.5 Å². The van der Waals surface area contributed by atoms with Crippen molar-refractivity contribution in [3.63, 3.8) is 0 Å². The van der Waals surface area contributed by atoms with Crippen LogP contribution < -0.4 is 0 Å². The summed E-state index contributed by atoms with van der Waals surface area (Å²) in [4.78, 5) is 2.59. The van der Waals surface area contributed by atoms with E-state index >= 15 is 0 Å². The molecular weight excluding hydrogens is 258 g/mol. The van der Waals surface area contributed by atoms with Crippen molar-refractivity contribution in [2.45, 2.75) is 18.9 Å². The lowest BCUT2D eigenvalue weighted by Crippen LogP contribution is -2.37. The predicted molar refractivity (Wildman–Crippen MR) is 85.1 cm³/mol. The van der Waals surface area contributed by atoms with Gasteiger partial charge >= 0.3 is 0 Å². The summed E-state index contributed by atoms with van der Waals surface area (Å²) < 4.78 is 0. The van der Waals surface area contributed by atoms with Gasteiger partial charge in [0.2, 0.25) is 0 Å². The lowest BCUT2D eigenvalue weighted by Gasteiger charge is -2.36. The van der Waals surface area contributed by atoms with E-state index in [0.717, 1.165) is 25.9 Å². The molecule has 1 fully saturated rings. The second-order valence-electron chi connectivity index (χ2n) is 6.24. The van der Waals surface area contributed by atoms with Gasteiger partial charge in [-0.25, -0.2) is 0 Å². The summed E-state index contributed by atoms with van der Waals surface area (Å²) in [5.74, 6) is 0.494. The summed E-state index contributed by atoms with van der Waals surface area (Å²) in [5, 5.41) is 9.34. The average molecular weight is 279 g/mol. The van der Waals surface area contributed by atoms with E-state index in [4.69, 9.17) is 0 Å². The Morgan fingerprint density at radius 1 is 0.857 bits per heavy atom. The summed E-state index contributed by atoms with van der Waals surface area (Å²) >= 11 is 0. The van der Waals surface area contributed by atoms with Crippen LogP contribution in [0.4, 0.5) is 0 Å². The monoisotopic (exact) mass is 279 g/mol. The molecule has 0 amide bonds. The first-order chi connectivity index (χ1) is 10.4. The fourth-order valence-corrected chi connectivity index (χ4v) is 3.92. The van der Waals surface area contributed by atoms with Crippen LogP contribution in [0, 0.1) is 5.92 Å². The molecule has 1 aliphatic heterocycles. The zero-order valence-corrected chi connectivity index (χ0v) is 12.2. The van der Waals surface area contributed by atoms with E-state index < -0.39 is 0 Å². The molecule has 4 rings (SSSR count).